The maximum absolute atomic E-state index is 2.42. The first-order chi connectivity index (χ1) is 21.8. The van der Waals surface area contributed by atoms with Gasteiger partial charge in [0.2, 0.25) is 0 Å². The van der Waals surface area contributed by atoms with Crippen molar-refractivity contribution < 1.29 is 0 Å². The van der Waals surface area contributed by atoms with Crippen LogP contribution in [0.2, 0.25) is 0 Å². The molecule has 0 spiro atoms. The van der Waals surface area contributed by atoms with Crippen LogP contribution in [0.1, 0.15) is 47.2 Å². The Morgan fingerprint density at radius 2 is 0.711 bits per heavy atom. The van der Waals surface area contributed by atoms with Crippen LogP contribution in [0.3, 0.4) is 0 Å². The van der Waals surface area contributed by atoms with Gasteiger partial charge in [-0.1, -0.05) is 109 Å². The van der Waals surface area contributed by atoms with Crippen molar-refractivity contribution in [2.45, 2.75) is 55.4 Å². The van der Waals surface area contributed by atoms with E-state index in [9.17, 15) is 0 Å². The predicted octanol–water partition coefficient (Wildman–Crippen LogP) is 12.7. The number of aromatic nitrogens is 1. The summed E-state index contributed by atoms with van der Waals surface area (Å²) in [7, 11) is 0. The molecule has 7 rings (SSSR count). The van der Waals surface area contributed by atoms with Crippen molar-refractivity contribution >= 4 is 21.8 Å². The minimum Gasteiger partial charge on any atom is -0.309 e. The Morgan fingerprint density at radius 1 is 0.356 bits per heavy atom. The Labute approximate surface area is 268 Å². The average Bonchev–Trinajstić information content (AvgIpc) is 3.35. The second-order valence-corrected chi connectivity index (χ2v) is 12.3. The molecule has 0 radical (unpaired) electrons. The highest BCUT2D eigenvalue weighted by Gasteiger charge is 2.16. The molecule has 224 valence electrons. The molecule has 1 aromatic heterocycles. The molecule has 0 saturated carbocycles. The van der Waals surface area contributed by atoms with Gasteiger partial charge in [0.1, 0.15) is 0 Å². The lowest BCUT2D eigenvalue weighted by atomic mass is 9.95. The molecule has 0 unspecified atom stereocenters. The minimum absolute atomic E-state index is 1.17. The van der Waals surface area contributed by atoms with Crippen molar-refractivity contribution in [1.82, 2.24) is 4.57 Å². The van der Waals surface area contributed by atoms with E-state index < -0.39 is 0 Å². The van der Waals surface area contributed by atoms with Gasteiger partial charge in [-0.05, 0) is 128 Å². The molecular weight excluding hydrogens is 542 g/mol. The predicted molar refractivity (Wildman–Crippen MR) is 197 cm³/mol. The largest absolute Gasteiger partial charge is 0.309 e. The van der Waals surface area contributed by atoms with Crippen LogP contribution in [0.4, 0.5) is 0 Å². The van der Waals surface area contributed by atoms with Gasteiger partial charge in [-0.15, -0.1) is 0 Å². The van der Waals surface area contributed by atoms with Crippen molar-refractivity contribution in [3.63, 3.8) is 0 Å². The van der Waals surface area contributed by atoms with E-state index >= 15 is 0 Å². The van der Waals surface area contributed by atoms with Crippen molar-refractivity contribution in [1.29, 1.82) is 0 Å². The lowest BCUT2D eigenvalue weighted by Gasteiger charge is -2.12. The van der Waals surface area contributed by atoms with Gasteiger partial charge in [-0.3, -0.25) is 0 Å². The summed E-state index contributed by atoms with van der Waals surface area (Å²) < 4.78 is 2.42. The highest BCUT2D eigenvalue weighted by atomic mass is 15.0. The standard InChI is InChI=1S/C42H37N.C2H6/c1-26-7-16-36(29(4)21-26)32-10-14-35(15-11-32)43-41-19-12-33(37-17-8-27(2)22-30(37)5)24-39(41)40-25-34(13-20-42(40)43)38-18-9-28(3)23-31(38)6;1-2/h7-25H,1-6H3;1-2H3. The number of benzene rings is 6. The SMILES string of the molecule is CC.Cc1ccc(-c2ccc(-n3c4ccc(-c5ccc(C)cc5C)cc4c4cc(-c5ccc(C)cc5C)ccc43)cc2)c(C)c1. The molecule has 0 aliphatic carbocycles. The van der Waals surface area contributed by atoms with Crippen LogP contribution in [0, 0.1) is 41.5 Å². The second kappa shape index (κ2) is 12.3. The summed E-state index contributed by atoms with van der Waals surface area (Å²) in [6.07, 6.45) is 0. The quantitative estimate of drug-likeness (QED) is 0.194. The monoisotopic (exact) mass is 585 g/mol. The highest BCUT2D eigenvalue weighted by molar-refractivity contribution is 6.11. The van der Waals surface area contributed by atoms with Gasteiger partial charge in [0.25, 0.3) is 0 Å². The lowest BCUT2D eigenvalue weighted by Crippen LogP contribution is -1.94. The van der Waals surface area contributed by atoms with Crippen molar-refractivity contribution in [2.24, 2.45) is 0 Å². The molecule has 0 fully saturated rings. The molecule has 6 aromatic carbocycles. The van der Waals surface area contributed by atoms with Crippen LogP contribution in [0.5, 0.6) is 0 Å². The van der Waals surface area contributed by atoms with E-state index in [0.29, 0.717) is 0 Å². The van der Waals surface area contributed by atoms with E-state index in [0.717, 1.165) is 0 Å². The summed E-state index contributed by atoms with van der Waals surface area (Å²) in [4.78, 5) is 0. The fraction of sp³-hybridized carbons (Fsp3) is 0.182. The van der Waals surface area contributed by atoms with Crippen LogP contribution in [0.25, 0.3) is 60.9 Å². The lowest BCUT2D eigenvalue weighted by molar-refractivity contribution is 1.18. The summed E-state index contributed by atoms with van der Waals surface area (Å²) in [5, 5.41) is 2.55. The fourth-order valence-corrected chi connectivity index (χ4v) is 6.84. The highest BCUT2D eigenvalue weighted by Crippen LogP contribution is 2.39. The zero-order chi connectivity index (χ0) is 31.8. The van der Waals surface area contributed by atoms with E-state index in [4.69, 9.17) is 0 Å². The second-order valence-electron chi connectivity index (χ2n) is 12.3. The third-order valence-electron chi connectivity index (χ3n) is 8.97. The van der Waals surface area contributed by atoms with Crippen LogP contribution < -0.4 is 0 Å². The van der Waals surface area contributed by atoms with Gasteiger partial charge < -0.3 is 4.57 Å². The summed E-state index contributed by atoms with van der Waals surface area (Å²) in [5.41, 5.74) is 19.0. The normalized spacial score (nSPS) is 11.1. The van der Waals surface area contributed by atoms with E-state index in [-0.39, 0.29) is 0 Å². The Hall–Kier alpha value is -4.88. The topological polar surface area (TPSA) is 4.93 Å². The molecule has 0 N–H and O–H groups in total. The minimum atomic E-state index is 1.17. The average molecular weight is 586 g/mol. The van der Waals surface area contributed by atoms with Crippen LogP contribution in [-0.2, 0) is 0 Å². The molecule has 1 heterocycles. The first-order valence-electron chi connectivity index (χ1n) is 16.2. The molecule has 0 bridgehead atoms. The number of hydrogen-bond acceptors (Lipinski definition) is 0. The zero-order valence-corrected chi connectivity index (χ0v) is 27.9. The first-order valence-corrected chi connectivity index (χ1v) is 16.2. The van der Waals surface area contributed by atoms with Gasteiger partial charge in [0.15, 0.2) is 0 Å². The Kier molecular flexibility index (Phi) is 8.21. The summed E-state index contributed by atoms with van der Waals surface area (Å²) in [6, 6.07) is 43.2. The molecule has 1 nitrogen and oxygen atoms in total. The maximum atomic E-state index is 2.42. The van der Waals surface area contributed by atoms with Crippen LogP contribution >= 0.6 is 0 Å². The number of hydrogen-bond donors (Lipinski definition) is 0. The number of rotatable bonds is 4. The number of fused-ring (bicyclic) bond motifs is 3. The maximum Gasteiger partial charge on any atom is 0.0541 e. The Morgan fingerprint density at radius 3 is 1.09 bits per heavy atom. The summed E-state index contributed by atoms with van der Waals surface area (Å²) >= 11 is 0. The molecule has 0 amide bonds. The van der Waals surface area contributed by atoms with E-state index in [2.05, 4.69) is 161 Å². The third kappa shape index (κ3) is 5.60. The molecule has 0 atom stereocenters. The van der Waals surface area contributed by atoms with Crippen LogP contribution in [0.15, 0.2) is 115 Å². The number of aryl methyl sites for hydroxylation is 6. The Balaban J connectivity index is 0.00000175. The first kappa shape index (κ1) is 30.2. The molecule has 7 aromatic rings. The van der Waals surface area contributed by atoms with Gasteiger partial charge >= 0.3 is 0 Å². The Bertz CT molecular complexity index is 2060. The van der Waals surface area contributed by atoms with Gasteiger partial charge in [0.05, 0.1) is 11.0 Å². The van der Waals surface area contributed by atoms with Gasteiger partial charge in [0, 0.05) is 16.5 Å². The zero-order valence-electron chi connectivity index (χ0n) is 27.9. The fourth-order valence-electron chi connectivity index (χ4n) is 6.84. The summed E-state index contributed by atoms with van der Waals surface area (Å²) in [6.45, 7) is 17.1. The molecule has 0 saturated heterocycles. The van der Waals surface area contributed by atoms with E-state index in [1.165, 1.54) is 94.3 Å². The van der Waals surface area contributed by atoms with Gasteiger partial charge in [-0.25, -0.2) is 0 Å². The number of nitrogens with zero attached hydrogens (tertiary/aromatic N) is 1. The van der Waals surface area contributed by atoms with E-state index in [1.54, 1.807) is 0 Å². The van der Waals surface area contributed by atoms with Crippen molar-refractivity contribution in [3.8, 4) is 39.1 Å². The van der Waals surface area contributed by atoms with Crippen molar-refractivity contribution in [3.05, 3.63) is 149 Å². The van der Waals surface area contributed by atoms with Crippen molar-refractivity contribution in [2.75, 3.05) is 0 Å². The molecular formula is C44H43N. The third-order valence-corrected chi connectivity index (χ3v) is 8.97. The molecule has 0 aliphatic heterocycles. The molecule has 45 heavy (non-hydrogen) atoms. The summed E-state index contributed by atoms with van der Waals surface area (Å²) in [5.74, 6) is 0. The molecule has 1 heteroatoms. The molecule has 0 aliphatic rings. The van der Waals surface area contributed by atoms with Gasteiger partial charge in [-0.2, -0.15) is 0 Å². The van der Waals surface area contributed by atoms with E-state index in [1.807, 2.05) is 13.8 Å². The van der Waals surface area contributed by atoms with Crippen LogP contribution in [-0.4, -0.2) is 4.57 Å². The smallest absolute Gasteiger partial charge is 0.0541 e.